The zero-order valence-electron chi connectivity index (χ0n) is 18.6. The monoisotopic (exact) mass is 473 g/mol. The highest BCUT2D eigenvalue weighted by molar-refractivity contribution is 7.89. The molecule has 9 nitrogen and oxygen atoms in total. The Morgan fingerprint density at radius 2 is 1.82 bits per heavy atom. The molecule has 1 fully saturated rings. The summed E-state index contributed by atoms with van der Waals surface area (Å²) >= 11 is 0. The Kier molecular flexibility index (Phi) is 6.57. The van der Waals surface area contributed by atoms with Gasteiger partial charge in [0.1, 0.15) is 11.5 Å². The van der Waals surface area contributed by atoms with E-state index in [1.54, 1.807) is 18.1 Å². The number of nitrogens with zero attached hydrogens (tertiary/aromatic N) is 2. The van der Waals surface area contributed by atoms with Gasteiger partial charge in [-0.1, -0.05) is 19.1 Å². The lowest BCUT2D eigenvalue weighted by atomic mass is 10.1. The molecule has 176 valence electrons. The largest absolute Gasteiger partial charge is 0.497 e. The van der Waals surface area contributed by atoms with Crippen LogP contribution in [0.4, 0.5) is 5.69 Å². The van der Waals surface area contributed by atoms with Crippen LogP contribution in [-0.2, 0) is 26.0 Å². The second kappa shape index (κ2) is 9.40. The van der Waals surface area contributed by atoms with E-state index >= 15 is 0 Å². The highest BCUT2D eigenvalue weighted by Crippen LogP contribution is 2.33. The van der Waals surface area contributed by atoms with Gasteiger partial charge >= 0.3 is 0 Å². The van der Waals surface area contributed by atoms with Gasteiger partial charge in [-0.25, -0.2) is 8.42 Å². The van der Waals surface area contributed by atoms with Gasteiger partial charge in [0.05, 0.1) is 24.1 Å². The van der Waals surface area contributed by atoms with Crippen LogP contribution in [-0.4, -0.2) is 68.8 Å². The molecule has 2 heterocycles. The Morgan fingerprint density at radius 1 is 1.12 bits per heavy atom. The number of hydrogen-bond donors (Lipinski definition) is 1. The molecule has 0 saturated carbocycles. The molecule has 0 aromatic heterocycles. The summed E-state index contributed by atoms with van der Waals surface area (Å²) in [7, 11) is -2.19. The van der Waals surface area contributed by atoms with E-state index < -0.39 is 16.1 Å². The minimum absolute atomic E-state index is 0.0451. The third-order valence-electron chi connectivity index (χ3n) is 5.88. The Morgan fingerprint density at radius 3 is 2.45 bits per heavy atom. The minimum atomic E-state index is -3.77. The molecule has 2 aliphatic rings. The Balaban J connectivity index is 1.39. The van der Waals surface area contributed by atoms with Crippen molar-refractivity contribution in [1.29, 1.82) is 0 Å². The molecule has 2 aromatic rings. The van der Waals surface area contributed by atoms with Crippen LogP contribution in [0.25, 0.3) is 0 Å². The number of rotatable bonds is 6. The second-order valence-corrected chi connectivity index (χ2v) is 9.91. The maximum Gasteiger partial charge on any atom is 0.265 e. The van der Waals surface area contributed by atoms with Gasteiger partial charge in [-0.05, 0) is 42.3 Å². The molecule has 0 spiro atoms. The van der Waals surface area contributed by atoms with Crippen molar-refractivity contribution in [2.24, 2.45) is 0 Å². The SMILES string of the molecule is CCC1Oc2ccc(S(=O)(=O)N3CCN(C(=O)Cc4ccc(OC)cc4)CC3)cc2NC1=O. The zero-order chi connectivity index (χ0) is 23.6. The first-order valence-corrected chi connectivity index (χ1v) is 12.3. The number of methoxy groups -OCH3 is 1. The van der Waals surface area contributed by atoms with Crippen LogP contribution in [0.5, 0.6) is 11.5 Å². The number of ether oxygens (including phenoxy) is 2. The fourth-order valence-corrected chi connectivity index (χ4v) is 5.36. The van der Waals surface area contributed by atoms with E-state index in [1.807, 2.05) is 31.2 Å². The number of fused-ring (bicyclic) bond motifs is 1. The van der Waals surface area contributed by atoms with Crippen molar-refractivity contribution in [1.82, 2.24) is 9.21 Å². The summed E-state index contributed by atoms with van der Waals surface area (Å²) in [6.45, 7) is 2.88. The maximum atomic E-state index is 13.2. The Hall–Kier alpha value is -3.11. The van der Waals surface area contributed by atoms with E-state index in [0.29, 0.717) is 30.9 Å². The minimum Gasteiger partial charge on any atom is -0.497 e. The van der Waals surface area contributed by atoms with Crippen LogP contribution in [0.15, 0.2) is 47.4 Å². The predicted octanol–water partition coefficient (Wildman–Crippen LogP) is 1.88. The molecular formula is C23H27N3O6S. The lowest BCUT2D eigenvalue weighted by Gasteiger charge is -2.34. The predicted molar refractivity (Wildman–Crippen MR) is 122 cm³/mol. The molecule has 1 saturated heterocycles. The van der Waals surface area contributed by atoms with Gasteiger partial charge in [0.15, 0.2) is 6.10 Å². The molecule has 4 rings (SSSR count). The van der Waals surface area contributed by atoms with Gasteiger partial charge in [-0.3, -0.25) is 9.59 Å². The summed E-state index contributed by atoms with van der Waals surface area (Å²) in [5.74, 6) is 0.845. The quantitative estimate of drug-likeness (QED) is 0.687. The summed E-state index contributed by atoms with van der Waals surface area (Å²) in [5, 5.41) is 2.72. The smallest absolute Gasteiger partial charge is 0.265 e. The van der Waals surface area contributed by atoms with Gasteiger partial charge in [-0.2, -0.15) is 4.31 Å². The molecule has 1 unspecified atom stereocenters. The normalized spacial score (nSPS) is 18.8. The van der Waals surface area contributed by atoms with E-state index in [-0.39, 0.29) is 36.2 Å². The molecule has 1 N–H and O–H groups in total. The number of anilines is 1. The molecule has 33 heavy (non-hydrogen) atoms. The number of benzene rings is 2. The van der Waals surface area contributed by atoms with Gasteiger partial charge in [0.2, 0.25) is 15.9 Å². The first-order valence-electron chi connectivity index (χ1n) is 10.8. The Labute approximate surface area is 193 Å². The number of nitrogens with one attached hydrogen (secondary N) is 1. The van der Waals surface area contributed by atoms with Crippen molar-refractivity contribution in [2.45, 2.75) is 30.8 Å². The number of sulfonamides is 1. The highest BCUT2D eigenvalue weighted by atomic mass is 32.2. The average molecular weight is 474 g/mol. The van der Waals surface area contributed by atoms with Gasteiger partial charge in [0, 0.05) is 26.2 Å². The third-order valence-corrected chi connectivity index (χ3v) is 7.78. The summed E-state index contributed by atoms with van der Waals surface area (Å²) in [5.41, 5.74) is 1.22. The van der Waals surface area contributed by atoms with Crippen molar-refractivity contribution >= 4 is 27.5 Å². The summed E-state index contributed by atoms with van der Waals surface area (Å²) < 4.78 is 38.5. The Bertz CT molecular complexity index is 1140. The van der Waals surface area contributed by atoms with Gasteiger partial charge in [0.25, 0.3) is 5.91 Å². The molecular weight excluding hydrogens is 446 g/mol. The van der Waals surface area contributed by atoms with Crippen LogP contribution < -0.4 is 14.8 Å². The van der Waals surface area contributed by atoms with Crippen LogP contribution in [0, 0.1) is 0 Å². The summed E-state index contributed by atoms with van der Waals surface area (Å²) in [6.07, 6.45) is 0.191. The van der Waals surface area contributed by atoms with Crippen molar-refractivity contribution in [3.05, 3.63) is 48.0 Å². The highest BCUT2D eigenvalue weighted by Gasteiger charge is 2.32. The van der Waals surface area contributed by atoms with Crippen molar-refractivity contribution in [3.8, 4) is 11.5 Å². The number of carbonyl (C=O) groups excluding carboxylic acids is 2. The number of carbonyl (C=O) groups is 2. The number of piperazine rings is 1. The first-order chi connectivity index (χ1) is 15.8. The van der Waals surface area contributed by atoms with E-state index in [4.69, 9.17) is 9.47 Å². The van der Waals surface area contributed by atoms with E-state index in [1.165, 1.54) is 16.4 Å². The van der Waals surface area contributed by atoms with Crippen molar-refractivity contribution < 1.29 is 27.5 Å². The molecule has 1 atom stereocenters. The lowest BCUT2D eigenvalue weighted by Crippen LogP contribution is -2.50. The van der Waals surface area contributed by atoms with E-state index in [9.17, 15) is 18.0 Å². The molecule has 10 heteroatoms. The number of amides is 2. The second-order valence-electron chi connectivity index (χ2n) is 7.97. The number of hydrogen-bond acceptors (Lipinski definition) is 6. The summed E-state index contributed by atoms with van der Waals surface area (Å²) in [4.78, 5) is 26.5. The molecule has 2 aromatic carbocycles. The maximum absolute atomic E-state index is 13.2. The lowest BCUT2D eigenvalue weighted by molar-refractivity contribution is -0.131. The molecule has 2 aliphatic heterocycles. The molecule has 0 radical (unpaired) electrons. The first kappa shape index (κ1) is 23.1. The van der Waals surface area contributed by atoms with Gasteiger partial charge < -0.3 is 19.7 Å². The molecule has 0 bridgehead atoms. The summed E-state index contributed by atoms with van der Waals surface area (Å²) in [6, 6.07) is 11.8. The van der Waals surface area contributed by atoms with Crippen molar-refractivity contribution in [2.75, 3.05) is 38.6 Å². The van der Waals surface area contributed by atoms with Crippen LogP contribution >= 0.6 is 0 Å². The van der Waals surface area contributed by atoms with E-state index in [2.05, 4.69) is 5.32 Å². The molecule has 0 aliphatic carbocycles. The van der Waals surface area contributed by atoms with Crippen LogP contribution in [0.3, 0.4) is 0 Å². The topological polar surface area (TPSA) is 105 Å². The zero-order valence-corrected chi connectivity index (χ0v) is 19.4. The fraction of sp³-hybridized carbons (Fsp3) is 0.391. The van der Waals surface area contributed by atoms with E-state index in [0.717, 1.165) is 11.3 Å². The van der Waals surface area contributed by atoms with Crippen molar-refractivity contribution in [3.63, 3.8) is 0 Å². The van der Waals surface area contributed by atoms with Crippen LogP contribution in [0.2, 0.25) is 0 Å². The van der Waals surface area contributed by atoms with Gasteiger partial charge in [-0.15, -0.1) is 0 Å². The molecule has 2 amide bonds. The third kappa shape index (κ3) is 4.81. The fourth-order valence-electron chi connectivity index (χ4n) is 3.92. The van der Waals surface area contributed by atoms with Crippen LogP contribution in [0.1, 0.15) is 18.9 Å². The average Bonchev–Trinajstić information content (AvgIpc) is 2.83. The standard InChI is InChI=1S/C23H27N3O6S/c1-3-20-23(28)24-19-15-18(8-9-21(19)32-20)33(29,30)26-12-10-25(11-13-26)22(27)14-16-4-6-17(31-2)7-5-16/h4-9,15,20H,3,10-14H2,1-2H3,(H,24,28).